The van der Waals surface area contributed by atoms with Crippen LogP contribution in [0.3, 0.4) is 0 Å². The molecule has 0 spiro atoms. The molecule has 7 nitrogen and oxygen atoms in total. The van der Waals surface area contributed by atoms with E-state index in [1.807, 2.05) is 6.07 Å². The topological polar surface area (TPSA) is 93.1 Å². The van der Waals surface area contributed by atoms with E-state index in [0.717, 1.165) is 4.31 Å². The molecule has 29 heavy (non-hydrogen) atoms. The quantitative estimate of drug-likeness (QED) is 0.669. The van der Waals surface area contributed by atoms with Crippen molar-refractivity contribution in [2.75, 3.05) is 13.7 Å². The number of methoxy groups -OCH3 is 1. The van der Waals surface area contributed by atoms with Gasteiger partial charge in [0.15, 0.2) is 0 Å². The van der Waals surface area contributed by atoms with Crippen LogP contribution in [-0.2, 0) is 26.1 Å². The van der Waals surface area contributed by atoms with Gasteiger partial charge in [0.2, 0.25) is 10.0 Å². The highest BCUT2D eigenvalue weighted by molar-refractivity contribution is 7.89. The lowest BCUT2D eigenvalue weighted by Gasteiger charge is -2.30. The largest absolute Gasteiger partial charge is 0.497 e. The van der Waals surface area contributed by atoms with E-state index in [-0.39, 0.29) is 18.0 Å². The van der Waals surface area contributed by atoms with Crippen LogP contribution in [0.25, 0.3) is 0 Å². The van der Waals surface area contributed by atoms with Gasteiger partial charge in [0.1, 0.15) is 11.8 Å². The summed E-state index contributed by atoms with van der Waals surface area (Å²) in [6.45, 7) is 4.98. The predicted molar refractivity (Wildman–Crippen MR) is 109 cm³/mol. The van der Waals surface area contributed by atoms with Gasteiger partial charge in [-0.15, -0.1) is 0 Å². The first-order valence-electron chi connectivity index (χ1n) is 9.11. The Morgan fingerprint density at radius 1 is 1.07 bits per heavy atom. The van der Waals surface area contributed by atoms with E-state index in [9.17, 15) is 18.3 Å². The maximum Gasteiger partial charge on any atom is 0.324 e. The maximum absolute atomic E-state index is 13.4. The van der Waals surface area contributed by atoms with E-state index >= 15 is 0 Å². The van der Waals surface area contributed by atoms with Crippen LogP contribution in [0.5, 0.6) is 5.75 Å². The van der Waals surface area contributed by atoms with Crippen LogP contribution in [0.2, 0.25) is 0 Å². The third kappa shape index (κ3) is 6.28. The normalized spacial score (nSPS) is 13.3. The molecular weight excluding hydrogens is 394 g/mol. The van der Waals surface area contributed by atoms with E-state index in [0.29, 0.717) is 11.3 Å². The number of hydrogen-bond donors (Lipinski definition) is 1. The molecule has 8 heteroatoms. The average molecular weight is 422 g/mol. The van der Waals surface area contributed by atoms with Gasteiger partial charge >= 0.3 is 5.97 Å². The molecule has 0 aliphatic carbocycles. The molecule has 0 aliphatic rings. The molecule has 0 unspecified atom stereocenters. The number of rotatable bonds is 9. The first-order chi connectivity index (χ1) is 13.5. The SMILES string of the molecule is COc1ccc(S(=O)(=O)N(Cc2ccccc2)[C@H](COC(C)(C)C)C(=O)O)cc1. The van der Waals surface area contributed by atoms with Crippen molar-refractivity contribution in [1.82, 2.24) is 4.31 Å². The van der Waals surface area contributed by atoms with Crippen molar-refractivity contribution in [1.29, 1.82) is 0 Å². The molecule has 0 bridgehead atoms. The first-order valence-corrected chi connectivity index (χ1v) is 10.5. The molecule has 1 N–H and O–H groups in total. The number of hydrogen-bond acceptors (Lipinski definition) is 5. The molecule has 0 aromatic heterocycles. The van der Waals surface area contributed by atoms with Gasteiger partial charge in [-0.05, 0) is 50.6 Å². The minimum absolute atomic E-state index is 0.0174. The number of carboxylic acid groups (broad SMARTS) is 1. The summed E-state index contributed by atoms with van der Waals surface area (Å²) in [5, 5.41) is 9.80. The van der Waals surface area contributed by atoms with E-state index in [4.69, 9.17) is 9.47 Å². The highest BCUT2D eigenvalue weighted by Gasteiger charge is 2.37. The number of sulfonamides is 1. The second-order valence-electron chi connectivity index (χ2n) is 7.49. The molecule has 0 heterocycles. The molecule has 0 saturated carbocycles. The van der Waals surface area contributed by atoms with Gasteiger partial charge in [0, 0.05) is 6.54 Å². The molecule has 2 rings (SSSR count). The summed E-state index contributed by atoms with van der Waals surface area (Å²) in [6.07, 6.45) is 0. The highest BCUT2D eigenvalue weighted by atomic mass is 32.2. The van der Waals surface area contributed by atoms with Crippen LogP contribution in [0.1, 0.15) is 26.3 Å². The number of nitrogens with zero attached hydrogens (tertiary/aromatic N) is 1. The lowest BCUT2D eigenvalue weighted by molar-refractivity contribution is -0.145. The summed E-state index contributed by atoms with van der Waals surface area (Å²) in [7, 11) is -2.64. The van der Waals surface area contributed by atoms with Gasteiger partial charge in [-0.2, -0.15) is 4.31 Å². The molecule has 0 saturated heterocycles. The molecule has 0 amide bonds. The van der Waals surface area contributed by atoms with E-state index < -0.39 is 27.6 Å². The van der Waals surface area contributed by atoms with Gasteiger partial charge in [-0.3, -0.25) is 4.79 Å². The van der Waals surface area contributed by atoms with Crippen molar-refractivity contribution in [2.24, 2.45) is 0 Å². The van der Waals surface area contributed by atoms with Crippen molar-refractivity contribution in [3.05, 3.63) is 60.2 Å². The summed E-state index contributed by atoms with van der Waals surface area (Å²) in [5.74, 6) is -0.772. The Bertz CT molecular complexity index is 904. The zero-order valence-corrected chi connectivity index (χ0v) is 17.8. The van der Waals surface area contributed by atoms with Crippen molar-refractivity contribution in [3.8, 4) is 5.75 Å². The van der Waals surface area contributed by atoms with Crippen molar-refractivity contribution in [2.45, 2.75) is 43.9 Å². The zero-order valence-electron chi connectivity index (χ0n) is 17.0. The van der Waals surface area contributed by atoms with Gasteiger partial charge in [-0.25, -0.2) is 8.42 Å². The van der Waals surface area contributed by atoms with Gasteiger partial charge < -0.3 is 14.6 Å². The smallest absolute Gasteiger partial charge is 0.324 e. The number of carboxylic acids is 1. The monoisotopic (exact) mass is 421 g/mol. The molecule has 0 aliphatic heterocycles. The maximum atomic E-state index is 13.4. The van der Waals surface area contributed by atoms with Crippen LogP contribution < -0.4 is 4.74 Å². The molecule has 2 aromatic rings. The Labute approximate surface area is 171 Å². The molecule has 2 aromatic carbocycles. The Morgan fingerprint density at radius 3 is 2.14 bits per heavy atom. The molecule has 1 atom stereocenters. The standard InChI is InChI=1S/C21H27NO6S/c1-21(2,3)28-15-19(20(23)24)22(14-16-8-6-5-7-9-16)29(25,26)18-12-10-17(27-4)11-13-18/h5-13,19H,14-15H2,1-4H3,(H,23,24)/t19-/m1/s1. The Kier molecular flexibility index (Phi) is 7.40. The zero-order chi connectivity index (χ0) is 21.7. The fourth-order valence-corrected chi connectivity index (χ4v) is 4.17. The fourth-order valence-electron chi connectivity index (χ4n) is 2.62. The minimum Gasteiger partial charge on any atom is -0.497 e. The molecule has 0 fully saturated rings. The predicted octanol–water partition coefficient (Wildman–Crippen LogP) is 3.15. The average Bonchev–Trinajstić information content (AvgIpc) is 2.67. The third-order valence-corrected chi connectivity index (χ3v) is 6.02. The second kappa shape index (κ2) is 9.39. The fraction of sp³-hybridized carbons (Fsp3) is 0.381. The van der Waals surface area contributed by atoms with Crippen LogP contribution >= 0.6 is 0 Å². The van der Waals surface area contributed by atoms with Crippen molar-refractivity contribution >= 4 is 16.0 Å². The number of carbonyl (C=O) groups is 1. The van der Waals surface area contributed by atoms with E-state index in [1.54, 1.807) is 45.0 Å². The van der Waals surface area contributed by atoms with Crippen LogP contribution in [0, 0.1) is 0 Å². The van der Waals surface area contributed by atoms with E-state index in [2.05, 4.69) is 0 Å². The summed E-state index contributed by atoms with van der Waals surface area (Å²) in [6, 6.07) is 13.3. The third-order valence-electron chi connectivity index (χ3n) is 4.15. The van der Waals surface area contributed by atoms with Crippen molar-refractivity contribution in [3.63, 3.8) is 0 Å². The lowest BCUT2D eigenvalue weighted by Crippen LogP contribution is -2.48. The van der Waals surface area contributed by atoms with Crippen LogP contribution in [0.15, 0.2) is 59.5 Å². The first kappa shape index (κ1) is 22.9. The van der Waals surface area contributed by atoms with Crippen LogP contribution in [-0.4, -0.2) is 49.2 Å². The highest BCUT2D eigenvalue weighted by Crippen LogP contribution is 2.24. The lowest BCUT2D eigenvalue weighted by atomic mass is 10.2. The second-order valence-corrected chi connectivity index (χ2v) is 9.38. The molecular formula is C21H27NO6S. The van der Waals surface area contributed by atoms with Gasteiger partial charge in [0.05, 0.1) is 24.2 Å². The van der Waals surface area contributed by atoms with E-state index in [1.165, 1.54) is 31.4 Å². The number of benzene rings is 2. The number of aliphatic carboxylic acids is 1. The molecule has 158 valence electrons. The summed E-state index contributed by atoms with van der Waals surface area (Å²) in [5.41, 5.74) is 0.0577. The summed E-state index contributed by atoms with van der Waals surface area (Å²) in [4.78, 5) is 12.0. The Balaban J connectivity index is 2.47. The minimum atomic E-state index is -4.12. The summed E-state index contributed by atoms with van der Waals surface area (Å²) < 4.78 is 38.4. The molecule has 0 radical (unpaired) electrons. The Hall–Kier alpha value is -2.42. The van der Waals surface area contributed by atoms with Gasteiger partial charge in [0.25, 0.3) is 0 Å². The van der Waals surface area contributed by atoms with Gasteiger partial charge in [-0.1, -0.05) is 30.3 Å². The summed E-state index contributed by atoms with van der Waals surface area (Å²) >= 11 is 0. The van der Waals surface area contributed by atoms with Crippen molar-refractivity contribution < 1.29 is 27.8 Å². The Morgan fingerprint density at radius 2 is 1.66 bits per heavy atom. The number of ether oxygens (including phenoxy) is 2. The van der Waals surface area contributed by atoms with Crippen LogP contribution in [0.4, 0.5) is 0 Å².